The van der Waals surface area contributed by atoms with Crippen LogP contribution in [-0.4, -0.2) is 38.6 Å². The van der Waals surface area contributed by atoms with Crippen LogP contribution in [0.2, 0.25) is 5.02 Å². The number of carbonyl (C=O) groups excluding carboxylic acids is 1. The molecule has 1 amide bonds. The summed E-state index contributed by atoms with van der Waals surface area (Å²) in [4.78, 5) is 14.2. The summed E-state index contributed by atoms with van der Waals surface area (Å²) in [5.41, 5.74) is 0.760. The standard InChI is InChI=1S/C14H19ClN2O3S/c1-10-4-3-7-17(9-10)14(18)11-5-6-13(12(15)8-11)16-21(2,19)20/h5-6,8,10,16H,3-4,7,9H2,1-2H3. The first-order valence-corrected chi connectivity index (χ1v) is 9.10. The fourth-order valence-electron chi connectivity index (χ4n) is 2.49. The molecule has 1 N–H and O–H groups in total. The van der Waals surface area contributed by atoms with Crippen molar-refractivity contribution in [2.45, 2.75) is 19.8 Å². The van der Waals surface area contributed by atoms with Crippen LogP contribution in [0.1, 0.15) is 30.1 Å². The normalized spacial score (nSPS) is 19.4. The Hall–Kier alpha value is -1.27. The van der Waals surface area contributed by atoms with E-state index >= 15 is 0 Å². The van der Waals surface area contributed by atoms with Gasteiger partial charge in [0.2, 0.25) is 10.0 Å². The van der Waals surface area contributed by atoms with E-state index in [4.69, 9.17) is 11.6 Å². The minimum Gasteiger partial charge on any atom is -0.338 e. The van der Waals surface area contributed by atoms with E-state index in [9.17, 15) is 13.2 Å². The first kappa shape index (κ1) is 16.1. The molecule has 1 aromatic carbocycles. The molecule has 1 aromatic rings. The summed E-state index contributed by atoms with van der Waals surface area (Å²) in [6.45, 7) is 3.63. The minimum absolute atomic E-state index is 0.0608. The first-order valence-electron chi connectivity index (χ1n) is 6.83. The lowest BCUT2D eigenvalue weighted by Gasteiger charge is -2.31. The van der Waals surface area contributed by atoms with Crippen molar-refractivity contribution in [1.29, 1.82) is 0 Å². The third-order valence-corrected chi connectivity index (χ3v) is 4.36. The molecule has 0 bridgehead atoms. The maximum Gasteiger partial charge on any atom is 0.253 e. The van der Waals surface area contributed by atoms with E-state index in [2.05, 4.69) is 11.6 Å². The van der Waals surface area contributed by atoms with E-state index in [1.165, 1.54) is 12.1 Å². The molecule has 7 heteroatoms. The van der Waals surface area contributed by atoms with E-state index in [1.54, 1.807) is 6.07 Å². The van der Waals surface area contributed by atoms with Crippen LogP contribution in [0.5, 0.6) is 0 Å². The van der Waals surface area contributed by atoms with Crippen molar-refractivity contribution in [3.05, 3.63) is 28.8 Å². The van der Waals surface area contributed by atoms with Gasteiger partial charge in [0, 0.05) is 18.7 Å². The highest BCUT2D eigenvalue weighted by molar-refractivity contribution is 7.92. The van der Waals surface area contributed by atoms with Gasteiger partial charge in [-0.05, 0) is 37.0 Å². The van der Waals surface area contributed by atoms with Gasteiger partial charge in [0.25, 0.3) is 5.91 Å². The van der Waals surface area contributed by atoms with Crippen LogP contribution in [0.4, 0.5) is 5.69 Å². The summed E-state index contributed by atoms with van der Waals surface area (Å²) in [5, 5.41) is 0.219. The first-order chi connectivity index (χ1) is 9.76. The number of halogens is 1. The molecular weight excluding hydrogens is 312 g/mol. The van der Waals surface area contributed by atoms with Crippen LogP contribution < -0.4 is 4.72 Å². The van der Waals surface area contributed by atoms with Crippen LogP contribution in [0.25, 0.3) is 0 Å². The number of benzene rings is 1. The lowest BCUT2D eigenvalue weighted by Crippen LogP contribution is -2.39. The Morgan fingerprint density at radius 2 is 2.14 bits per heavy atom. The van der Waals surface area contributed by atoms with Crippen LogP contribution in [0.3, 0.4) is 0 Å². The number of hydrogen-bond donors (Lipinski definition) is 1. The van der Waals surface area contributed by atoms with Crippen LogP contribution in [0.15, 0.2) is 18.2 Å². The third-order valence-electron chi connectivity index (χ3n) is 3.46. The van der Waals surface area contributed by atoms with Crippen molar-refractivity contribution in [3.8, 4) is 0 Å². The number of anilines is 1. The van der Waals surface area contributed by atoms with Crippen molar-refractivity contribution < 1.29 is 13.2 Å². The number of nitrogens with zero attached hydrogens (tertiary/aromatic N) is 1. The highest BCUT2D eigenvalue weighted by Gasteiger charge is 2.22. The van der Waals surface area contributed by atoms with E-state index < -0.39 is 10.0 Å². The van der Waals surface area contributed by atoms with Gasteiger partial charge in [0.15, 0.2) is 0 Å². The summed E-state index contributed by atoms with van der Waals surface area (Å²) in [6, 6.07) is 4.63. The van der Waals surface area contributed by atoms with Crippen LogP contribution in [0, 0.1) is 5.92 Å². The average Bonchev–Trinajstić information content (AvgIpc) is 2.39. The van der Waals surface area contributed by atoms with Crippen LogP contribution in [-0.2, 0) is 10.0 Å². The predicted octanol–water partition coefficient (Wildman–Crippen LogP) is 2.58. The predicted molar refractivity (Wildman–Crippen MR) is 84.2 cm³/mol. The lowest BCUT2D eigenvalue weighted by atomic mass is 9.99. The zero-order chi connectivity index (χ0) is 15.6. The van der Waals surface area contributed by atoms with E-state index in [0.29, 0.717) is 11.5 Å². The van der Waals surface area contributed by atoms with Gasteiger partial charge < -0.3 is 4.90 Å². The SMILES string of the molecule is CC1CCCN(C(=O)c2ccc(NS(C)(=O)=O)c(Cl)c2)C1. The van der Waals surface area contributed by atoms with Gasteiger partial charge in [-0.1, -0.05) is 18.5 Å². The number of likely N-dealkylation sites (tertiary alicyclic amines) is 1. The largest absolute Gasteiger partial charge is 0.338 e. The molecule has 1 aliphatic rings. The van der Waals surface area contributed by atoms with Gasteiger partial charge >= 0.3 is 0 Å². The van der Waals surface area contributed by atoms with Crippen molar-refractivity contribution in [3.63, 3.8) is 0 Å². The molecular formula is C14H19ClN2O3S. The quantitative estimate of drug-likeness (QED) is 0.926. The maximum absolute atomic E-state index is 12.4. The molecule has 0 aliphatic carbocycles. The molecule has 0 saturated carbocycles. The monoisotopic (exact) mass is 330 g/mol. The summed E-state index contributed by atoms with van der Waals surface area (Å²) >= 11 is 6.05. The second-order valence-corrected chi connectivity index (χ2v) is 7.72. The Labute approximate surface area is 130 Å². The summed E-state index contributed by atoms with van der Waals surface area (Å²) < 4.78 is 24.7. The minimum atomic E-state index is -3.39. The maximum atomic E-state index is 12.4. The number of carbonyl (C=O) groups is 1. The average molecular weight is 331 g/mol. The summed E-state index contributed by atoms with van der Waals surface area (Å²) in [7, 11) is -3.39. The fourth-order valence-corrected chi connectivity index (χ4v) is 3.35. The van der Waals surface area contributed by atoms with Gasteiger partial charge in [-0.3, -0.25) is 9.52 Å². The second kappa shape index (κ2) is 6.23. The van der Waals surface area contributed by atoms with Gasteiger partial charge in [0.05, 0.1) is 17.0 Å². The van der Waals surface area contributed by atoms with Crippen molar-refractivity contribution in [2.75, 3.05) is 24.1 Å². The highest BCUT2D eigenvalue weighted by atomic mass is 35.5. The molecule has 1 saturated heterocycles. The van der Waals surface area contributed by atoms with E-state index in [1.807, 2.05) is 4.90 Å². The molecule has 5 nitrogen and oxygen atoms in total. The Kier molecular flexibility index (Phi) is 4.78. The van der Waals surface area contributed by atoms with Crippen molar-refractivity contribution >= 4 is 33.2 Å². The Bertz CT molecular complexity index is 646. The number of piperidine rings is 1. The number of rotatable bonds is 3. The lowest BCUT2D eigenvalue weighted by molar-refractivity contribution is 0.0683. The van der Waals surface area contributed by atoms with Gasteiger partial charge in [-0.2, -0.15) is 0 Å². The zero-order valence-corrected chi connectivity index (χ0v) is 13.7. The zero-order valence-electron chi connectivity index (χ0n) is 12.1. The third kappa shape index (κ3) is 4.35. The topological polar surface area (TPSA) is 66.5 Å². The molecule has 0 radical (unpaired) electrons. The van der Waals surface area contributed by atoms with Crippen molar-refractivity contribution in [1.82, 2.24) is 4.90 Å². The van der Waals surface area contributed by atoms with Crippen LogP contribution >= 0.6 is 11.6 Å². The molecule has 21 heavy (non-hydrogen) atoms. The molecule has 1 unspecified atom stereocenters. The second-order valence-electron chi connectivity index (χ2n) is 5.57. The molecule has 0 aromatic heterocycles. The van der Waals surface area contributed by atoms with Gasteiger partial charge in [-0.25, -0.2) is 8.42 Å². The number of hydrogen-bond acceptors (Lipinski definition) is 3. The Balaban J connectivity index is 2.17. The smallest absolute Gasteiger partial charge is 0.253 e. The number of nitrogens with one attached hydrogen (secondary N) is 1. The fraction of sp³-hybridized carbons (Fsp3) is 0.500. The van der Waals surface area contributed by atoms with E-state index in [0.717, 1.165) is 32.2 Å². The Morgan fingerprint density at radius 3 is 2.71 bits per heavy atom. The van der Waals surface area contributed by atoms with E-state index in [-0.39, 0.29) is 16.6 Å². The van der Waals surface area contributed by atoms with Crippen molar-refractivity contribution in [2.24, 2.45) is 5.92 Å². The molecule has 1 aliphatic heterocycles. The molecule has 0 spiro atoms. The van der Waals surface area contributed by atoms with Gasteiger partial charge in [-0.15, -0.1) is 0 Å². The molecule has 1 heterocycles. The number of sulfonamides is 1. The molecule has 1 fully saturated rings. The summed E-state index contributed by atoms with van der Waals surface area (Å²) in [5.74, 6) is 0.443. The summed E-state index contributed by atoms with van der Waals surface area (Å²) in [6.07, 6.45) is 3.20. The number of amides is 1. The molecule has 1 atom stereocenters. The van der Waals surface area contributed by atoms with Gasteiger partial charge in [0.1, 0.15) is 0 Å². The Morgan fingerprint density at radius 1 is 1.43 bits per heavy atom. The molecule has 116 valence electrons. The molecule has 2 rings (SSSR count). The highest BCUT2D eigenvalue weighted by Crippen LogP contribution is 2.25.